The number of rotatable bonds is 20. The Balaban J connectivity index is 1.43. The summed E-state index contributed by atoms with van der Waals surface area (Å²) in [4.78, 5) is 20.3. The number of likely N-dealkylation sites (N-methyl/N-ethyl adjacent to an activating group) is 1. The fraction of sp³-hybridized carbons (Fsp3) is 0.625. The minimum atomic E-state index is -1.42. The fourth-order valence-electron chi connectivity index (χ4n) is 7.31. The molecule has 8 nitrogen and oxygen atoms in total. The van der Waals surface area contributed by atoms with Crippen molar-refractivity contribution in [2.45, 2.75) is 77.0 Å². The number of methoxy groups -OCH3 is 1. The number of hydrogen-bond acceptors (Lipinski definition) is 7. The number of allylic oxidation sites excluding steroid dienone is 1. The number of nitrogens with one attached hydrogen (secondary N) is 1. The first kappa shape index (κ1) is 40.5. The summed E-state index contributed by atoms with van der Waals surface area (Å²) in [6.07, 6.45) is 10.5. The van der Waals surface area contributed by atoms with Gasteiger partial charge in [-0.2, -0.15) is 0 Å². The van der Waals surface area contributed by atoms with Crippen molar-refractivity contribution in [2.24, 2.45) is 11.8 Å². The second-order valence-corrected chi connectivity index (χ2v) is 16.5. The summed E-state index contributed by atoms with van der Waals surface area (Å²) in [5.41, 5.74) is 3.03. The van der Waals surface area contributed by atoms with Gasteiger partial charge in [-0.1, -0.05) is 50.1 Å². The van der Waals surface area contributed by atoms with Crippen molar-refractivity contribution in [3.05, 3.63) is 76.3 Å². The van der Waals surface area contributed by atoms with Gasteiger partial charge in [-0.15, -0.1) is 0 Å². The molecular formula is C40H61ClN4O4S. The molecule has 5 atom stereocenters. The van der Waals surface area contributed by atoms with E-state index in [1.165, 1.54) is 24.0 Å². The van der Waals surface area contributed by atoms with E-state index in [0.717, 1.165) is 76.7 Å². The minimum Gasteiger partial charge on any atom is -0.493 e. The lowest BCUT2D eigenvalue weighted by Gasteiger charge is -2.48. The smallest absolute Gasteiger partial charge is 0.262 e. The first-order valence-corrected chi connectivity index (χ1v) is 20.3. The first-order chi connectivity index (χ1) is 24.1. The van der Waals surface area contributed by atoms with Gasteiger partial charge in [0.15, 0.2) is 0 Å². The fourth-order valence-corrected chi connectivity index (χ4v) is 8.04. The van der Waals surface area contributed by atoms with Crippen LogP contribution in [0.1, 0.15) is 80.8 Å². The van der Waals surface area contributed by atoms with Crippen molar-refractivity contribution >= 4 is 28.5 Å². The van der Waals surface area contributed by atoms with Gasteiger partial charge in [-0.25, -0.2) is 4.21 Å². The maximum Gasteiger partial charge on any atom is 0.262 e. The van der Waals surface area contributed by atoms with E-state index < -0.39 is 11.0 Å². The normalized spacial score (nSPS) is 20.6. The zero-order chi connectivity index (χ0) is 36.0. The Bertz CT molecular complexity index is 1380. The van der Waals surface area contributed by atoms with Crippen LogP contribution in [0.25, 0.3) is 0 Å². The van der Waals surface area contributed by atoms with Gasteiger partial charge >= 0.3 is 0 Å². The Morgan fingerprint density at radius 2 is 1.84 bits per heavy atom. The number of aryl methyl sites for hydroxylation is 1. The lowest BCUT2D eigenvalue weighted by atomic mass is 9.68. The van der Waals surface area contributed by atoms with Gasteiger partial charge < -0.3 is 14.4 Å². The van der Waals surface area contributed by atoms with Crippen LogP contribution in [0.4, 0.5) is 0 Å². The van der Waals surface area contributed by atoms with Crippen molar-refractivity contribution in [1.29, 1.82) is 0 Å². The quantitative estimate of drug-likeness (QED) is 0.150. The van der Waals surface area contributed by atoms with Gasteiger partial charge in [-0.05, 0) is 106 Å². The molecule has 0 spiro atoms. The third-order valence-electron chi connectivity index (χ3n) is 10.3. The van der Waals surface area contributed by atoms with Crippen LogP contribution in [0.5, 0.6) is 5.75 Å². The van der Waals surface area contributed by atoms with Crippen LogP contribution in [0.3, 0.4) is 0 Å². The molecule has 1 heterocycles. The van der Waals surface area contributed by atoms with E-state index in [4.69, 9.17) is 21.1 Å². The average Bonchev–Trinajstić information content (AvgIpc) is 3.10. The van der Waals surface area contributed by atoms with Crippen LogP contribution in [0, 0.1) is 11.8 Å². The molecule has 1 saturated carbocycles. The molecule has 50 heavy (non-hydrogen) atoms. The van der Waals surface area contributed by atoms with Gasteiger partial charge in [0.25, 0.3) is 5.91 Å². The number of piperazine rings is 1. The molecule has 0 radical (unpaired) electrons. The predicted molar refractivity (Wildman–Crippen MR) is 208 cm³/mol. The molecule has 2 aromatic rings. The molecule has 10 heteroatoms. The summed E-state index contributed by atoms with van der Waals surface area (Å²) >= 11 is 6.49. The van der Waals surface area contributed by atoms with E-state index >= 15 is 0 Å². The number of ether oxygens (including phenoxy) is 2. The molecule has 4 rings (SSSR count). The number of carbonyl (C=O) groups is 1. The van der Waals surface area contributed by atoms with Crippen molar-refractivity contribution in [1.82, 2.24) is 19.4 Å². The van der Waals surface area contributed by atoms with Gasteiger partial charge in [0.1, 0.15) is 16.7 Å². The molecule has 0 aromatic heterocycles. The molecular weight excluding hydrogens is 668 g/mol. The molecule has 1 N–H and O–H groups in total. The molecule has 278 valence electrons. The maximum atomic E-state index is 12.6. The highest BCUT2D eigenvalue weighted by molar-refractivity contribution is 7.84. The van der Waals surface area contributed by atoms with Crippen LogP contribution in [-0.4, -0.2) is 109 Å². The van der Waals surface area contributed by atoms with E-state index in [1.54, 1.807) is 19.2 Å². The molecule has 1 saturated heterocycles. The Labute approximate surface area is 309 Å². The summed E-state index contributed by atoms with van der Waals surface area (Å²) < 4.78 is 26.4. The van der Waals surface area contributed by atoms with Gasteiger partial charge in [0, 0.05) is 80.7 Å². The second kappa shape index (κ2) is 20.7. The van der Waals surface area contributed by atoms with Crippen molar-refractivity contribution < 1.29 is 18.5 Å². The summed E-state index contributed by atoms with van der Waals surface area (Å²) in [5, 5.41) is 0.615. The number of carbonyl (C=O) groups excluding carboxylic acids is 1. The summed E-state index contributed by atoms with van der Waals surface area (Å²) in [5.74, 6) is 1.82. The second-order valence-electron chi connectivity index (χ2n) is 14.3. The van der Waals surface area contributed by atoms with Gasteiger partial charge in [0.2, 0.25) is 0 Å². The number of halogens is 1. The van der Waals surface area contributed by atoms with E-state index in [1.807, 2.05) is 32.0 Å². The van der Waals surface area contributed by atoms with Crippen LogP contribution in [-0.2, 0) is 22.1 Å². The van der Waals surface area contributed by atoms with Crippen LogP contribution in [0.15, 0.2) is 54.6 Å². The van der Waals surface area contributed by atoms with E-state index in [9.17, 15) is 9.00 Å². The molecule has 5 unspecified atom stereocenters. The Hall–Kier alpha value is -2.27. The minimum absolute atomic E-state index is 0.143. The van der Waals surface area contributed by atoms with Crippen molar-refractivity contribution in [3.63, 3.8) is 0 Å². The zero-order valence-corrected chi connectivity index (χ0v) is 32.8. The third kappa shape index (κ3) is 11.9. The average molecular weight is 729 g/mol. The van der Waals surface area contributed by atoms with Crippen molar-refractivity contribution in [3.8, 4) is 5.75 Å². The molecule has 1 aliphatic heterocycles. The molecule has 1 aliphatic carbocycles. The highest BCUT2D eigenvalue weighted by atomic mass is 35.5. The number of nitrogens with zero attached hydrogens (tertiary/aromatic N) is 3. The molecule has 0 bridgehead atoms. The molecule has 2 aromatic carbocycles. The lowest BCUT2D eigenvalue weighted by molar-refractivity contribution is 0.0180. The van der Waals surface area contributed by atoms with Gasteiger partial charge in [-0.3, -0.25) is 19.3 Å². The van der Waals surface area contributed by atoms with E-state index in [-0.39, 0.29) is 17.1 Å². The first-order valence-electron chi connectivity index (χ1n) is 18.7. The van der Waals surface area contributed by atoms with E-state index in [2.05, 4.69) is 64.6 Å². The Kier molecular flexibility index (Phi) is 16.8. The number of amides is 1. The van der Waals surface area contributed by atoms with Crippen LogP contribution < -0.4 is 9.46 Å². The summed E-state index contributed by atoms with van der Waals surface area (Å²) in [7, 11) is 2.63. The lowest BCUT2D eigenvalue weighted by Crippen LogP contribution is -2.55. The molecule has 2 fully saturated rings. The number of benzene rings is 2. The predicted octanol–water partition coefficient (Wildman–Crippen LogP) is 6.81. The SMILES string of the molecule is CC/C=C/C(C1CCC1CN(C)CC(COc1ccc(C(=O)NS(=O)C(C)C)cc1)c1ccc(Cl)cc1CCC)N1CCN(CCOC)CC1. The standard InChI is InChI=1S/C40H61ClN4O4S/c1-7-9-11-39(45-22-20-44(21-23-45)24-25-48-6)38-18-14-33(38)27-43(5)28-34(37-19-15-35(41)26-32(37)10-8-2)29-49-36-16-12-31(13-17-36)40(46)42-50(47)30(3)4/h9,11-13,15-17,19,26,30,33-34,38-39H,7-8,10,14,18,20-25,27-29H2,1-6H3,(H,42,46)/b11-9+. The van der Waals surface area contributed by atoms with Gasteiger partial charge in [0.05, 0.1) is 13.2 Å². The summed E-state index contributed by atoms with van der Waals surface area (Å²) in [6, 6.07) is 13.9. The molecule has 2 aliphatic rings. The highest BCUT2D eigenvalue weighted by Gasteiger charge is 2.39. The zero-order valence-electron chi connectivity index (χ0n) is 31.2. The number of hydrogen-bond donors (Lipinski definition) is 1. The van der Waals surface area contributed by atoms with E-state index in [0.29, 0.717) is 35.8 Å². The maximum absolute atomic E-state index is 12.6. The van der Waals surface area contributed by atoms with Crippen LogP contribution in [0.2, 0.25) is 5.02 Å². The Morgan fingerprint density at radius 1 is 1.10 bits per heavy atom. The topological polar surface area (TPSA) is 74.4 Å². The molecule has 1 amide bonds. The highest BCUT2D eigenvalue weighted by Crippen LogP contribution is 2.40. The van der Waals surface area contributed by atoms with Crippen LogP contribution >= 0.6 is 11.6 Å². The largest absolute Gasteiger partial charge is 0.493 e. The Morgan fingerprint density at radius 3 is 2.46 bits per heavy atom. The third-order valence-corrected chi connectivity index (χ3v) is 11.7. The van der Waals surface area contributed by atoms with Crippen molar-refractivity contribution in [2.75, 3.05) is 73.2 Å². The summed E-state index contributed by atoms with van der Waals surface area (Å²) in [6.45, 7) is 16.8. The monoisotopic (exact) mass is 728 g/mol.